The van der Waals surface area contributed by atoms with E-state index in [0.29, 0.717) is 0 Å². The van der Waals surface area contributed by atoms with E-state index >= 15 is 0 Å². The van der Waals surface area contributed by atoms with Gasteiger partial charge in [-0.3, -0.25) is 0 Å². The van der Waals surface area contributed by atoms with E-state index < -0.39 is 0 Å². The molecule has 0 radical (unpaired) electrons. The number of hydrogen-bond acceptors (Lipinski definition) is 2. The molecule has 0 saturated heterocycles. The summed E-state index contributed by atoms with van der Waals surface area (Å²) in [4.78, 5) is 0. The highest BCUT2D eigenvalue weighted by Gasteiger charge is 1.93. The van der Waals surface area contributed by atoms with E-state index in [2.05, 4.69) is 36.5 Å². The molecular formula is C14H23NO. The van der Waals surface area contributed by atoms with Crippen LogP contribution in [0.15, 0.2) is 24.3 Å². The second-order valence-electron chi connectivity index (χ2n) is 4.19. The van der Waals surface area contributed by atoms with E-state index in [1.807, 2.05) is 0 Å². The maximum Gasteiger partial charge on any atom is 0.0587 e. The van der Waals surface area contributed by atoms with Crippen molar-refractivity contribution in [3.05, 3.63) is 35.4 Å². The fraction of sp³-hybridized carbons (Fsp3) is 0.571. The minimum atomic E-state index is 0.804. The average Bonchev–Trinajstić information content (AvgIpc) is 2.30. The molecule has 0 amide bonds. The van der Waals surface area contributed by atoms with Crippen molar-refractivity contribution in [3.63, 3.8) is 0 Å². The van der Waals surface area contributed by atoms with E-state index in [4.69, 9.17) is 4.74 Å². The van der Waals surface area contributed by atoms with E-state index in [1.54, 1.807) is 7.11 Å². The van der Waals surface area contributed by atoms with Crippen LogP contribution in [0, 0.1) is 6.92 Å². The molecule has 1 rings (SSSR count). The van der Waals surface area contributed by atoms with Crippen LogP contribution in [0.4, 0.5) is 0 Å². The molecule has 2 nitrogen and oxygen atoms in total. The van der Waals surface area contributed by atoms with Gasteiger partial charge >= 0.3 is 0 Å². The highest BCUT2D eigenvalue weighted by molar-refractivity contribution is 5.21. The number of aryl methyl sites for hydroxylation is 2. The molecule has 1 aromatic rings. The first-order valence-corrected chi connectivity index (χ1v) is 6.08. The van der Waals surface area contributed by atoms with Gasteiger partial charge in [0.1, 0.15) is 0 Å². The number of hydrogen-bond donors (Lipinski definition) is 1. The number of unbranched alkanes of at least 4 members (excludes halogenated alkanes) is 1. The van der Waals surface area contributed by atoms with Crippen LogP contribution in [-0.4, -0.2) is 26.8 Å². The van der Waals surface area contributed by atoms with Crippen LogP contribution in [0.3, 0.4) is 0 Å². The molecular weight excluding hydrogens is 198 g/mol. The van der Waals surface area contributed by atoms with E-state index in [0.717, 1.165) is 19.7 Å². The minimum absolute atomic E-state index is 0.804. The summed E-state index contributed by atoms with van der Waals surface area (Å²) in [6.07, 6.45) is 3.67. The van der Waals surface area contributed by atoms with Crippen molar-refractivity contribution >= 4 is 0 Å². The Bertz CT molecular complexity index is 269. The van der Waals surface area contributed by atoms with Gasteiger partial charge in [0.15, 0.2) is 0 Å². The van der Waals surface area contributed by atoms with Gasteiger partial charge in [-0.15, -0.1) is 0 Å². The fourth-order valence-corrected chi connectivity index (χ4v) is 1.63. The first-order valence-electron chi connectivity index (χ1n) is 6.08. The molecule has 1 N–H and O–H groups in total. The van der Waals surface area contributed by atoms with Crippen molar-refractivity contribution in [2.45, 2.75) is 26.2 Å². The Morgan fingerprint density at radius 2 is 1.81 bits per heavy atom. The summed E-state index contributed by atoms with van der Waals surface area (Å²) >= 11 is 0. The summed E-state index contributed by atoms with van der Waals surface area (Å²) in [6.45, 7) is 4.98. The highest BCUT2D eigenvalue weighted by atomic mass is 16.5. The lowest BCUT2D eigenvalue weighted by Crippen LogP contribution is -2.20. The molecule has 0 spiro atoms. The zero-order valence-corrected chi connectivity index (χ0v) is 10.5. The van der Waals surface area contributed by atoms with Crippen molar-refractivity contribution in [2.75, 3.05) is 26.8 Å². The molecule has 90 valence electrons. The molecule has 0 aromatic heterocycles. The monoisotopic (exact) mass is 221 g/mol. The second-order valence-corrected chi connectivity index (χ2v) is 4.19. The number of methoxy groups -OCH3 is 1. The lowest BCUT2D eigenvalue weighted by Gasteiger charge is -2.04. The molecule has 0 aliphatic rings. The van der Waals surface area contributed by atoms with Crippen LogP contribution < -0.4 is 5.32 Å². The summed E-state index contributed by atoms with van der Waals surface area (Å²) in [5, 5.41) is 3.36. The van der Waals surface area contributed by atoms with Gasteiger partial charge in [-0.05, 0) is 38.3 Å². The summed E-state index contributed by atoms with van der Waals surface area (Å²) < 4.78 is 4.97. The van der Waals surface area contributed by atoms with Crippen LogP contribution in [0.1, 0.15) is 24.0 Å². The molecule has 0 aliphatic carbocycles. The maximum absolute atomic E-state index is 4.97. The van der Waals surface area contributed by atoms with Crippen LogP contribution >= 0.6 is 0 Å². The van der Waals surface area contributed by atoms with E-state index in [1.165, 1.54) is 30.4 Å². The van der Waals surface area contributed by atoms with E-state index in [-0.39, 0.29) is 0 Å². The third kappa shape index (κ3) is 5.89. The molecule has 0 heterocycles. The Morgan fingerprint density at radius 3 is 2.50 bits per heavy atom. The van der Waals surface area contributed by atoms with Gasteiger partial charge < -0.3 is 10.1 Å². The van der Waals surface area contributed by atoms with Crippen LogP contribution in [0.25, 0.3) is 0 Å². The van der Waals surface area contributed by atoms with Gasteiger partial charge in [-0.1, -0.05) is 29.8 Å². The molecule has 0 saturated carbocycles. The predicted octanol–water partition coefficient (Wildman–Crippen LogP) is 2.55. The maximum atomic E-state index is 4.97. The Labute approximate surface area is 99.0 Å². The predicted molar refractivity (Wildman–Crippen MR) is 68.9 cm³/mol. The van der Waals surface area contributed by atoms with Gasteiger partial charge in [0.25, 0.3) is 0 Å². The zero-order valence-electron chi connectivity index (χ0n) is 10.5. The third-order valence-corrected chi connectivity index (χ3v) is 2.67. The van der Waals surface area contributed by atoms with Gasteiger partial charge in [0.2, 0.25) is 0 Å². The number of benzene rings is 1. The molecule has 0 fully saturated rings. The summed E-state index contributed by atoms with van der Waals surface area (Å²) in [5.41, 5.74) is 2.78. The van der Waals surface area contributed by atoms with Gasteiger partial charge in [-0.2, -0.15) is 0 Å². The normalized spacial score (nSPS) is 10.6. The molecule has 0 bridgehead atoms. The smallest absolute Gasteiger partial charge is 0.0587 e. The van der Waals surface area contributed by atoms with Crippen molar-refractivity contribution in [1.29, 1.82) is 0 Å². The second kappa shape index (κ2) is 8.31. The van der Waals surface area contributed by atoms with Crippen molar-refractivity contribution in [2.24, 2.45) is 0 Å². The molecule has 0 atom stereocenters. The Hall–Kier alpha value is -0.860. The van der Waals surface area contributed by atoms with Crippen molar-refractivity contribution < 1.29 is 4.74 Å². The van der Waals surface area contributed by atoms with Crippen molar-refractivity contribution in [1.82, 2.24) is 5.32 Å². The van der Waals surface area contributed by atoms with E-state index in [9.17, 15) is 0 Å². The first-order chi connectivity index (χ1) is 7.83. The lowest BCUT2D eigenvalue weighted by molar-refractivity contribution is 0.199. The highest BCUT2D eigenvalue weighted by Crippen LogP contribution is 2.06. The number of ether oxygens (including phenoxy) is 1. The number of rotatable bonds is 8. The zero-order chi connectivity index (χ0) is 11.6. The summed E-state index contributed by atoms with van der Waals surface area (Å²) in [5.74, 6) is 0. The Balaban J connectivity index is 2.01. The third-order valence-electron chi connectivity index (χ3n) is 2.67. The SMILES string of the molecule is COCCNCCCCc1ccc(C)cc1. The summed E-state index contributed by atoms with van der Waals surface area (Å²) in [6, 6.07) is 8.83. The average molecular weight is 221 g/mol. The molecule has 16 heavy (non-hydrogen) atoms. The molecule has 2 heteroatoms. The Kier molecular flexibility index (Phi) is 6.86. The summed E-state index contributed by atoms with van der Waals surface area (Å²) in [7, 11) is 1.74. The van der Waals surface area contributed by atoms with Crippen LogP contribution in [0.2, 0.25) is 0 Å². The van der Waals surface area contributed by atoms with Crippen molar-refractivity contribution in [3.8, 4) is 0 Å². The van der Waals surface area contributed by atoms with Gasteiger partial charge in [0.05, 0.1) is 6.61 Å². The Morgan fingerprint density at radius 1 is 1.06 bits per heavy atom. The lowest BCUT2D eigenvalue weighted by atomic mass is 10.1. The quantitative estimate of drug-likeness (QED) is 0.681. The largest absolute Gasteiger partial charge is 0.383 e. The van der Waals surface area contributed by atoms with Gasteiger partial charge in [-0.25, -0.2) is 0 Å². The topological polar surface area (TPSA) is 21.3 Å². The van der Waals surface area contributed by atoms with Gasteiger partial charge in [0, 0.05) is 13.7 Å². The molecule has 0 aliphatic heterocycles. The minimum Gasteiger partial charge on any atom is -0.383 e. The fourth-order valence-electron chi connectivity index (χ4n) is 1.63. The first kappa shape index (κ1) is 13.2. The standard InChI is InChI=1S/C14H23NO/c1-13-6-8-14(9-7-13)5-3-4-10-15-11-12-16-2/h6-9,15H,3-5,10-12H2,1-2H3. The van der Waals surface area contributed by atoms with Crippen LogP contribution in [0.5, 0.6) is 0 Å². The molecule has 1 aromatic carbocycles. The van der Waals surface area contributed by atoms with Crippen LogP contribution in [-0.2, 0) is 11.2 Å². The molecule has 0 unspecified atom stereocenters. The number of nitrogens with one attached hydrogen (secondary N) is 1.